The van der Waals surface area contributed by atoms with Gasteiger partial charge in [-0.1, -0.05) is 12.1 Å². The minimum absolute atomic E-state index is 0.172. The smallest absolute Gasteiger partial charge is 0.423 e. The molecule has 0 saturated heterocycles. The lowest BCUT2D eigenvalue weighted by molar-refractivity contribution is -0.388. The lowest BCUT2D eigenvalue weighted by Gasteiger charge is -2.11. The SMILES string of the molecule is BrB(Br)Br.COc1ccc2ccc([N+](=O)[O-])c(C(F)(F)F)c2c1.ClCCl.O=[N+]([O-])c1ccc2ccc(O)cc2c1C(F)(F)F. The maximum atomic E-state index is 13.0. The molecule has 0 heterocycles. The van der Waals surface area contributed by atoms with Crippen molar-refractivity contribution in [2.24, 2.45) is 0 Å². The number of ether oxygens (including phenoxy) is 1. The van der Waals surface area contributed by atoms with Crippen LogP contribution in [-0.4, -0.2) is 30.6 Å². The number of hydrogen-bond donors (Lipinski definition) is 1. The van der Waals surface area contributed by atoms with Crippen LogP contribution in [0.25, 0.3) is 21.5 Å². The molecule has 0 aliphatic rings. The van der Waals surface area contributed by atoms with Gasteiger partial charge < -0.3 is 9.84 Å². The van der Waals surface area contributed by atoms with Crippen molar-refractivity contribution in [3.05, 3.63) is 92.0 Å². The Balaban J connectivity index is 0.000000364. The normalized spacial score (nSPS) is 10.8. The number of phenolic OH excluding ortho intramolecular Hbond substituents is 1. The molecule has 238 valence electrons. The Labute approximate surface area is 279 Å². The minimum atomic E-state index is -4.87. The number of phenols is 1. The van der Waals surface area contributed by atoms with Crippen molar-refractivity contribution in [1.82, 2.24) is 0 Å². The van der Waals surface area contributed by atoms with Gasteiger partial charge in [0.25, 0.3) is 11.4 Å². The van der Waals surface area contributed by atoms with Crippen LogP contribution < -0.4 is 4.74 Å². The van der Waals surface area contributed by atoms with Crippen molar-refractivity contribution >= 4 is 107 Å². The summed E-state index contributed by atoms with van der Waals surface area (Å²) in [6, 6.07) is 11.6. The average Bonchev–Trinajstić information content (AvgIpc) is 2.90. The largest absolute Gasteiger partial charge is 0.508 e. The first-order valence-corrected chi connectivity index (χ1v) is 15.0. The second-order valence-corrected chi connectivity index (χ2v) is 15.0. The first-order valence-electron chi connectivity index (χ1n) is 11.1. The van der Waals surface area contributed by atoms with Crippen molar-refractivity contribution in [2.75, 3.05) is 12.4 Å². The minimum Gasteiger partial charge on any atom is -0.508 e. The second-order valence-electron chi connectivity index (χ2n) is 7.77. The van der Waals surface area contributed by atoms with Crippen LogP contribution in [-0.2, 0) is 12.4 Å². The lowest BCUT2D eigenvalue weighted by atomic mass is 10.0. The molecular formula is C24H16BBr3Cl2F6N2O6. The molecule has 4 aromatic carbocycles. The van der Waals surface area contributed by atoms with Gasteiger partial charge in [0, 0.05) is 22.9 Å². The highest BCUT2D eigenvalue weighted by Crippen LogP contribution is 2.43. The van der Waals surface area contributed by atoms with Gasteiger partial charge in [-0.3, -0.25) is 20.2 Å². The standard InChI is InChI=1S/C12H8F3NO3.C11H6F3NO3.CH2Cl2.BBr3/c1-19-8-4-2-7-3-5-10(16(17)18)11(9(7)6-8)12(13,14)15;12-11(13,14)10-8-5-7(16)3-1-6(8)2-4-9(10)15(17)18;2-1-3;2-1(3)4/h2-6H,1H3;1-5,16H;1H2;. The number of fused-ring (bicyclic) bond motifs is 2. The van der Waals surface area contributed by atoms with E-state index in [-0.39, 0.29) is 36.2 Å². The van der Waals surface area contributed by atoms with Crippen LogP contribution >= 0.6 is 70.5 Å². The lowest BCUT2D eigenvalue weighted by Crippen LogP contribution is -2.09. The summed E-state index contributed by atoms with van der Waals surface area (Å²) in [6.07, 6.45) is -9.68. The number of nitro groups is 2. The van der Waals surface area contributed by atoms with E-state index in [1.807, 2.05) is 0 Å². The number of alkyl halides is 8. The topological polar surface area (TPSA) is 116 Å². The van der Waals surface area contributed by atoms with E-state index in [4.69, 9.17) is 27.9 Å². The van der Waals surface area contributed by atoms with E-state index in [9.17, 15) is 51.7 Å². The fourth-order valence-corrected chi connectivity index (χ4v) is 3.61. The van der Waals surface area contributed by atoms with Crippen LogP contribution in [0.15, 0.2) is 60.7 Å². The zero-order valence-electron chi connectivity index (χ0n) is 21.6. The number of methoxy groups -OCH3 is 1. The van der Waals surface area contributed by atoms with E-state index in [2.05, 4.69) is 47.3 Å². The number of aromatic hydroxyl groups is 1. The van der Waals surface area contributed by atoms with E-state index in [0.717, 1.165) is 24.3 Å². The molecule has 0 amide bonds. The molecule has 0 saturated carbocycles. The third-order valence-electron chi connectivity index (χ3n) is 5.15. The van der Waals surface area contributed by atoms with Crippen LogP contribution in [0.4, 0.5) is 37.7 Å². The van der Waals surface area contributed by atoms with Gasteiger partial charge in [-0.25, -0.2) is 0 Å². The molecule has 0 bridgehead atoms. The summed E-state index contributed by atoms with van der Waals surface area (Å²) < 4.78 is 82.9. The number of nitro benzene ring substituents is 2. The zero-order valence-corrected chi connectivity index (χ0v) is 27.9. The van der Waals surface area contributed by atoms with Crippen LogP contribution in [0.1, 0.15) is 11.1 Å². The van der Waals surface area contributed by atoms with Gasteiger partial charge in [0.15, 0.2) is 0 Å². The first kappa shape index (κ1) is 39.5. The molecule has 44 heavy (non-hydrogen) atoms. The third kappa shape index (κ3) is 11.4. The van der Waals surface area contributed by atoms with E-state index in [1.54, 1.807) is 0 Å². The highest BCUT2D eigenvalue weighted by molar-refractivity contribution is 9.69. The summed E-state index contributed by atoms with van der Waals surface area (Å²) in [5.74, 6) is -0.174. The molecule has 8 nitrogen and oxygen atoms in total. The van der Waals surface area contributed by atoms with Crippen LogP contribution in [0.5, 0.6) is 11.5 Å². The van der Waals surface area contributed by atoms with Crippen LogP contribution in [0.2, 0.25) is 0 Å². The van der Waals surface area contributed by atoms with Crippen molar-refractivity contribution in [3.8, 4) is 11.5 Å². The molecule has 0 aliphatic heterocycles. The van der Waals surface area contributed by atoms with Gasteiger partial charge >= 0.3 is 15.5 Å². The van der Waals surface area contributed by atoms with Crippen LogP contribution in [0.3, 0.4) is 0 Å². The Morgan fingerprint density at radius 3 is 1.45 bits per heavy atom. The molecular weight excluding hydrogens is 848 g/mol. The van der Waals surface area contributed by atoms with Gasteiger partial charge in [0.05, 0.1) is 22.3 Å². The third-order valence-corrected chi connectivity index (χ3v) is 5.15. The molecule has 4 aromatic rings. The molecule has 0 unspecified atom stereocenters. The van der Waals surface area contributed by atoms with E-state index in [0.29, 0.717) is 0 Å². The highest BCUT2D eigenvalue weighted by Gasteiger charge is 2.41. The Hall–Kier alpha value is -2.54. The Kier molecular flexibility index (Phi) is 15.5. The summed E-state index contributed by atoms with van der Waals surface area (Å²) in [6.45, 7) is 0. The maximum absolute atomic E-state index is 13.0. The quantitative estimate of drug-likeness (QED) is 0.0721. The molecule has 0 fully saturated rings. The van der Waals surface area contributed by atoms with E-state index in [1.165, 1.54) is 43.5 Å². The molecule has 0 aromatic heterocycles. The van der Waals surface area contributed by atoms with Crippen molar-refractivity contribution in [2.45, 2.75) is 12.4 Å². The van der Waals surface area contributed by atoms with E-state index < -0.39 is 50.1 Å². The molecule has 20 heteroatoms. The summed E-state index contributed by atoms with van der Waals surface area (Å²) >= 11 is 18.8. The highest BCUT2D eigenvalue weighted by atomic mass is 79.9. The van der Waals surface area contributed by atoms with Crippen molar-refractivity contribution in [3.63, 3.8) is 0 Å². The Morgan fingerprint density at radius 2 is 1.11 bits per heavy atom. The number of benzene rings is 4. The Bertz CT molecular complexity index is 1610. The summed E-state index contributed by atoms with van der Waals surface area (Å²) in [4.78, 5) is 19.3. The van der Waals surface area contributed by atoms with E-state index >= 15 is 0 Å². The number of nitrogens with zero attached hydrogens (tertiary/aromatic N) is 2. The average molecular weight is 864 g/mol. The predicted octanol–water partition coefficient (Wildman–Crippen LogP) is 10.8. The fraction of sp³-hybridized carbons (Fsp3) is 0.167. The summed E-state index contributed by atoms with van der Waals surface area (Å²) in [5, 5.41) is 30.6. The second kappa shape index (κ2) is 17.2. The molecule has 0 spiro atoms. The maximum Gasteiger partial charge on any atom is 0.423 e. The van der Waals surface area contributed by atoms with Gasteiger partial charge in [-0.15, -0.1) is 70.5 Å². The van der Waals surface area contributed by atoms with Gasteiger partial charge in [-0.05, 0) is 47.2 Å². The number of rotatable bonds is 3. The summed E-state index contributed by atoms with van der Waals surface area (Å²) in [7, 11) is 1.31. The van der Waals surface area contributed by atoms with Crippen molar-refractivity contribution in [1.29, 1.82) is 0 Å². The molecule has 0 aliphatic carbocycles. The van der Waals surface area contributed by atoms with Crippen LogP contribution in [0, 0.1) is 20.2 Å². The molecule has 4 rings (SSSR count). The summed E-state index contributed by atoms with van der Waals surface area (Å²) in [5.41, 5.74) is -4.59. The van der Waals surface area contributed by atoms with Gasteiger partial charge in [-0.2, -0.15) is 26.3 Å². The molecule has 1 N–H and O–H groups in total. The number of halogens is 11. The monoisotopic (exact) mass is 860 g/mol. The molecule has 0 atom stereocenters. The van der Waals surface area contributed by atoms with Gasteiger partial charge in [0.1, 0.15) is 22.6 Å². The van der Waals surface area contributed by atoms with Crippen molar-refractivity contribution < 1.29 is 46.0 Å². The predicted molar refractivity (Wildman–Crippen MR) is 169 cm³/mol. The Morgan fingerprint density at radius 1 is 0.773 bits per heavy atom. The fourth-order valence-electron chi connectivity index (χ4n) is 3.61. The number of hydrogen-bond acceptors (Lipinski definition) is 6. The zero-order chi connectivity index (χ0) is 34.0. The first-order chi connectivity index (χ1) is 20.3. The molecule has 0 radical (unpaired) electrons. The van der Waals surface area contributed by atoms with Gasteiger partial charge in [0.2, 0.25) is 0 Å².